The Bertz CT molecular complexity index is 258. The highest BCUT2D eigenvalue weighted by Gasteiger charge is 2.35. The van der Waals surface area contributed by atoms with Crippen molar-refractivity contribution < 1.29 is 14.3 Å². The van der Waals surface area contributed by atoms with E-state index in [1.807, 2.05) is 0 Å². The maximum atomic E-state index is 11.2. The van der Waals surface area contributed by atoms with E-state index in [4.69, 9.17) is 9.47 Å². The molecular formula is C14H25NO3. The van der Waals surface area contributed by atoms with Crippen LogP contribution in [0.1, 0.15) is 38.5 Å². The van der Waals surface area contributed by atoms with Crippen molar-refractivity contribution in [2.75, 3.05) is 26.8 Å². The van der Waals surface area contributed by atoms with Crippen LogP contribution in [0.25, 0.3) is 0 Å². The van der Waals surface area contributed by atoms with E-state index in [0.29, 0.717) is 6.10 Å². The molecule has 0 amide bonds. The number of rotatable bonds is 6. The minimum atomic E-state index is -0.0791. The molecule has 2 rings (SSSR count). The third-order valence-electron chi connectivity index (χ3n) is 4.20. The van der Waals surface area contributed by atoms with Crippen LogP contribution < -0.4 is 5.32 Å². The molecule has 1 aliphatic carbocycles. The number of ether oxygens (including phenoxy) is 2. The Morgan fingerprint density at radius 2 is 2.00 bits per heavy atom. The lowest BCUT2D eigenvalue weighted by Gasteiger charge is -2.33. The topological polar surface area (TPSA) is 47.6 Å². The molecule has 2 aliphatic rings. The summed E-state index contributed by atoms with van der Waals surface area (Å²) in [4.78, 5) is 11.2. The summed E-state index contributed by atoms with van der Waals surface area (Å²) in [6.07, 6.45) is 7.06. The Balaban J connectivity index is 1.46. The van der Waals surface area contributed by atoms with E-state index in [-0.39, 0.29) is 11.9 Å². The fourth-order valence-electron chi connectivity index (χ4n) is 2.85. The average Bonchev–Trinajstić information content (AvgIpc) is 2.37. The molecule has 0 bridgehead atoms. The molecule has 1 saturated carbocycles. The molecule has 1 N–H and O–H groups in total. The van der Waals surface area contributed by atoms with Crippen LogP contribution >= 0.6 is 0 Å². The quantitative estimate of drug-likeness (QED) is 0.580. The predicted molar refractivity (Wildman–Crippen MR) is 69.3 cm³/mol. The second kappa shape index (κ2) is 7.10. The minimum absolute atomic E-state index is 0.0791. The fourth-order valence-corrected chi connectivity index (χ4v) is 2.85. The van der Waals surface area contributed by atoms with Crippen LogP contribution in [0, 0.1) is 11.8 Å². The zero-order valence-corrected chi connectivity index (χ0v) is 11.3. The van der Waals surface area contributed by atoms with E-state index >= 15 is 0 Å². The minimum Gasteiger partial charge on any atom is -0.469 e. The van der Waals surface area contributed by atoms with E-state index in [2.05, 4.69) is 5.32 Å². The Hall–Kier alpha value is -0.610. The van der Waals surface area contributed by atoms with Gasteiger partial charge in [0.2, 0.25) is 0 Å². The Morgan fingerprint density at radius 1 is 1.28 bits per heavy atom. The summed E-state index contributed by atoms with van der Waals surface area (Å²) in [6, 6.07) is 0. The fraction of sp³-hybridized carbons (Fsp3) is 0.929. The molecule has 0 spiro atoms. The molecule has 4 nitrogen and oxygen atoms in total. The van der Waals surface area contributed by atoms with Crippen molar-refractivity contribution in [3.05, 3.63) is 0 Å². The molecule has 0 unspecified atom stereocenters. The van der Waals surface area contributed by atoms with Crippen LogP contribution in [0.4, 0.5) is 0 Å². The van der Waals surface area contributed by atoms with E-state index in [0.717, 1.165) is 31.8 Å². The van der Waals surface area contributed by atoms with Gasteiger partial charge in [0.05, 0.1) is 19.1 Å². The zero-order valence-electron chi connectivity index (χ0n) is 11.3. The summed E-state index contributed by atoms with van der Waals surface area (Å²) in [5.74, 6) is 0.896. The van der Waals surface area contributed by atoms with E-state index in [9.17, 15) is 4.79 Å². The average molecular weight is 255 g/mol. The number of nitrogens with one attached hydrogen (secondary N) is 1. The van der Waals surface area contributed by atoms with Crippen LogP contribution in [0.3, 0.4) is 0 Å². The summed E-state index contributed by atoms with van der Waals surface area (Å²) in [7, 11) is 1.45. The van der Waals surface area contributed by atoms with Crippen molar-refractivity contribution in [1.82, 2.24) is 5.32 Å². The molecule has 18 heavy (non-hydrogen) atoms. The Labute approximate surface area is 109 Å². The highest BCUT2D eigenvalue weighted by atomic mass is 16.5. The lowest BCUT2D eigenvalue weighted by atomic mass is 9.82. The molecule has 1 saturated heterocycles. The van der Waals surface area contributed by atoms with Gasteiger partial charge in [-0.05, 0) is 57.5 Å². The van der Waals surface area contributed by atoms with Gasteiger partial charge in [-0.2, -0.15) is 0 Å². The summed E-state index contributed by atoms with van der Waals surface area (Å²) in [6.45, 7) is 3.20. The number of methoxy groups -OCH3 is 1. The van der Waals surface area contributed by atoms with E-state index < -0.39 is 0 Å². The van der Waals surface area contributed by atoms with Crippen LogP contribution in [0.15, 0.2) is 0 Å². The second-order valence-corrected chi connectivity index (χ2v) is 5.52. The summed E-state index contributed by atoms with van der Waals surface area (Å²) in [5.41, 5.74) is 0. The van der Waals surface area contributed by atoms with Crippen LogP contribution in [-0.2, 0) is 14.3 Å². The van der Waals surface area contributed by atoms with Crippen LogP contribution in [0.2, 0.25) is 0 Å². The standard InChI is InChI=1S/C14H25NO3/c1-17-14(16)12-9-13(10-12)18-8-2-3-11-4-6-15-7-5-11/h11-13,15H,2-10H2,1H3. The first-order valence-corrected chi connectivity index (χ1v) is 7.19. The van der Waals surface area contributed by atoms with Crippen molar-refractivity contribution in [2.24, 2.45) is 11.8 Å². The van der Waals surface area contributed by atoms with Crippen molar-refractivity contribution >= 4 is 5.97 Å². The first kappa shape index (κ1) is 13.8. The molecule has 4 heteroatoms. The molecule has 0 aromatic carbocycles. The number of piperidine rings is 1. The van der Waals surface area contributed by atoms with Gasteiger partial charge in [0, 0.05) is 6.61 Å². The van der Waals surface area contributed by atoms with Gasteiger partial charge < -0.3 is 14.8 Å². The predicted octanol–water partition coefficient (Wildman–Crippen LogP) is 1.73. The number of carbonyl (C=O) groups excluding carboxylic acids is 1. The molecule has 0 atom stereocenters. The smallest absolute Gasteiger partial charge is 0.308 e. The maximum absolute atomic E-state index is 11.2. The third-order valence-corrected chi connectivity index (χ3v) is 4.20. The molecule has 0 aromatic rings. The van der Waals surface area contributed by atoms with Gasteiger partial charge in [0.1, 0.15) is 0 Å². The second-order valence-electron chi connectivity index (χ2n) is 5.52. The highest BCUT2D eigenvalue weighted by molar-refractivity contribution is 5.73. The summed E-state index contributed by atoms with van der Waals surface area (Å²) in [5, 5.41) is 3.39. The van der Waals surface area contributed by atoms with Gasteiger partial charge in [-0.3, -0.25) is 4.79 Å². The van der Waals surface area contributed by atoms with Crippen LogP contribution in [-0.4, -0.2) is 38.9 Å². The van der Waals surface area contributed by atoms with Gasteiger partial charge in [-0.25, -0.2) is 0 Å². The van der Waals surface area contributed by atoms with Gasteiger partial charge in [0.25, 0.3) is 0 Å². The Kier molecular flexibility index (Phi) is 5.45. The molecular weight excluding hydrogens is 230 g/mol. The van der Waals surface area contributed by atoms with E-state index in [1.54, 1.807) is 0 Å². The normalized spacial score (nSPS) is 28.7. The zero-order chi connectivity index (χ0) is 12.8. The molecule has 1 heterocycles. The molecule has 0 radical (unpaired) electrons. The largest absolute Gasteiger partial charge is 0.469 e. The lowest BCUT2D eigenvalue weighted by molar-refractivity contribution is -0.154. The summed E-state index contributed by atoms with van der Waals surface area (Å²) < 4.78 is 10.5. The number of carbonyl (C=O) groups is 1. The van der Waals surface area contributed by atoms with Crippen molar-refractivity contribution in [3.8, 4) is 0 Å². The molecule has 2 fully saturated rings. The summed E-state index contributed by atoms with van der Waals surface area (Å²) >= 11 is 0. The monoisotopic (exact) mass is 255 g/mol. The molecule has 0 aromatic heterocycles. The number of esters is 1. The van der Waals surface area contributed by atoms with Crippen molar-refractivity contribution in [2.45, 2.75) is 44.6 Å². The van der Waals surface area contributed by atoms with Crippen molar-refractivity contribution in [1.29, 1.82) is 0 Å². The van der Waals surface area contributed by atoms with E-state index in [1.165, 1.54) is 39.5 Å². The van der Waals surface area contributed by atoms with Gasteiger partial charge in [-0.1, -0.05) is 0 Å². The number of hydrogen-bond acceptors (Lipinski definition) is 4. The van der Waals surface area contributed by atoms with Gasteiger partial charge in [-0.15, -0.1) is 0 Å². The highest BCUT2D eigenvalue weighted by Crippen LogP contribution is 2.31. The Morgan fingerprint density at radius 3 is 2.67 bits per heavy atom. The van der Waals surface area contributed by atoms with Crippen molar-refractivity contribution in [3.63, 3.8) is 0 Å². The molecule has 1 aliphatic heterocycles. The molecule has 104 valence electrons. The van der Waals surface area contributed by atoms with Crippen LogP contribution in [0.5, 0.6) is 0 Å². The third kappa shape index (κ3) is 3.95. The van der Waals surface area contributed by atoms with Gasteiger partial charge >= 0.3 is 5.97 Å². The maximum Gasteiger partial charge on any atom is 0.308 e. The number of hydrogen-bond donors (Lipinski definition) is 1. The lowest BCUT2D eigenvalue weighted by Crippen LogP contribution is -2.37. The first-order valence-electron chi connectivity index (χ1n) is 7.19. The van der Waals surface area contributed by atoms with Gasteiger partial charge in [0.15, 0.2) is 0 Å². The first-order chi connectivity index (χ1) is 8.79. The SMILES string of the molecule is COC(=O)C1CC(OCCCC2CCNCC2)C1.